The van der Waals surface area contributed by atoms with E-state index in [9.17, 15) is 4.79 Å². The maximum absolute atomic E-state index is 11.3. The molecule has 76 valence electrons. The molecule has 14 heavy (non-hydrogen) atoms. The number of anilines is 1. The minimum atomic E-state index is -0.510. The molecule has 0 radical (unpaired) electrons. The third kappa shape index (κ3) is 2.69. The molecule has 2 N–H and O–H groups in total. The lowest BCUT2D eigenvalue weighted by Gasteiger charge is -2.03. The van der Waals surface area contributed by atoms with E-state index >= 15 is 0 Å². The van der Waals surface area contributed by atoms with E-state index in [-0.39, 0.29) is 11.5 Å². The number of unbranched alkanes of at least 4 members (excludes halogenated alkanes) is 1. The first-order valence-electron chi connectivity index (χ1n) is 4.49. The van der Waals surface area contributed by atoms with Gasteiger partial charge in [-0.2, -0.15) is 0 Å². The van der Waals surface area contributed by atoms with Crippen molar-refractivity contribution in [1.29, 1.82) is 0 Å². The topological polar surface area (TPSA) is 78.1 Å². The molecule has 1 rings (SSSR count). The highest BCUT2D eigenvalue weighted by atomic mass is 16.5. The van der Waals surface area contributed by atoms with Crippen LogP contribution < -0.4 is 5.73 Å². The standard InChI is InChI=1S/C9H13N3O2/c1-2-3-6-14-9(13)7-8(10)12-5-4-11-7/h4-5H,2-3,6H2,1H3,(H2,10,12). The van der Waals surface area contributed by atoms with Crippen LogP contribution in [0.2, 0.25) is 0 Å². The van der Waals surface area contributed by atoms with Gasteiger partial charge in [0.1, 0.15) is 0 Å². The monoisotopic (exact) mass is 195 g/mol. The van der Waals surface area contributed by atoms with Gasteiger partial charge in [-0.05, 0) is 6.42 Å². The van der Waals surface area contributed by atoms with Crippen LogP contribution in [0.4, 0.5) is 5.82 Å². The minimum Gasteiger partial charge on any atom is -0.461 e. The van der Waals surface area contributed by atoms with Gasteiger partial charge in [0.25, 0.3) is 0 Å². The Hall–Kier alpha value is -1.65. The molecule has 0 saturated carbocycles. The summed E-state index contributed by atoms with van der Waals surface area (Å²) < 4.78 is 4.93. The largest absolute Gasteiger partial charge is 0.461 e. The molecule has 0 aliphatic carbocycles. The van der Waals surface area contributed by atoms with Crippen molar-refractivity contribution >= 4 is 11.8 Å². The minimum absolute atomic E-state index is 0.0867. The van der Waals surface area contributed by atoms with E-state index < -0.39 is 5.97 Å². The average Bonchev–Trinajstić information content (AvgIpc) is 2.18. The molecule has 5 nitrogen and oxygen atoms in total. The van der Waals surface area contributed by atoms with Gasteiger partial charge in [0.2, 0.25) is 0 Å². The van der Waals surface area contributed by atoms with Crippen LogP contribution in [-0.2, 0) is 4.74 Å². The summed E-state index contributed by atoms with van der Waals surface area (Å²) in [5.74, 6) is -0.405. The quantitative estimate of drug-likeness (QED) is 0.573. The highest BCUT2D eigenvalue weighted by molar-refractivity contribution is 5.91. The summed E-state index contributed by atoms with van der Waals surface area (Å²) in [5.41, 5.74) is 5.54. The van der Waals surface area contributed by atoms with Crippen LogP contribution in [0.15, 0.2) is 12.4 Å². The molecule has 0 amide bonds. The first kappa shape index (κ1) is 10.4. The van der Waals surface area contributed by atoms with Crippen molar-refractivity contribution in [3.8, 4) is 0 Å². The maximum Gasteiger partial charge on any atom is 0.360 e. The fourth-order valence-electron chi connectivity index (χ4n) is 0.884. The van der Waals surface area contributed by atoms with Crippen LogP contribution in [-0.4, -0.2) is 22.5 Å². The zero-order valence-electron chi connectivity index (χ0n) is 8.06. The summed E-state index contributed by atoms with van der Waals surface area (Å²) in [4.78, 5) is 18.9. The highest BCUT2D eigenvalue weighted by Crippen LogP contribution is 2.05. The number of hydrogen-bond acceptors (Lipinski definition) is 5. The van der Waals surface area contributed by atoms with Gasteiger partial charge in [0.05, 0.1) is 6.61 Å². The Labute approximate surface area is 82.3 Å². The lowest BCUT2D eigenvalue weighted by molar-refractivity contribution is 0.0494. The Balaban J connectivity index is 2.56. The molecule has 0 fully saturated rings. The van der Waals surface area contributed by atoms with Gasteiger partial charge in [-0.15, -0.1) is 0 Å². The number of aromatic nitrogens is 2. The van der Waals surface area contributed by atoms with Crippen LogP contribution in [0, 0.1) is 0 Å². The predicted molar refractivity (Wildman–Crippen MR) is 51.6 cm³/mol. The van der Waals surface area contributed by atoms with E-state index in [1.165, 1.54) is 12.4 Å². The highest BCUT2D eigenvalue weighted by Gasteiger charge is 2.12. The van der Waals surface area contributed by atoms with Gasteiger partial charge in [0.15, 0.2) is 11.5 Å². The molecule has 1 aromatic heterocycles. The maximum atomic E-state index is 11.3. The Kier molecular flexibility index (Phi) is 3.84. The van der Waals surface area contributed by atoms with Crippen molar-refractivity contribution in [2.45, 2.75) is 19.8 Å². The average molecular weight is 195 g/mol. The third-order valence-electron chi connectivity index (χ3n) is 1.65. The van der Waals surface area contributed by atoms with E-state index in [4.69, 9.17) is 10.5 Å². The normalized spacial score (nSPS) is 9.79. The molecule has 1 aromatic rings. The van der Waals surface area contributed by atoms with E-state index in [0.717, 1.165) is 12.8 Å². The third-order valence-corrected chi connectivity index (χ3v) is 1.65. The molecule has 0 atom stereocenters. The van der Waals surface area contributed by atoms with E-state index in [1.807, 2.05) is 6.92 Å². The van der Waals surface area contributed by atoms with Crippen LogP contribution in [0.5, 0.6) is 0 Å². The number of nitrogens with two attached hydrogens (primary N) is 1. The van der Waals surface area contributed by atoms with Crippen molar-refractivity contribution < 1.29 is 9.53 Å². The number of nitrogen functional groups attached to an aromatic ring is 1. The van der Waals surface area contributed by atoms with Gasteiger partial charge >= 0.3 is 5.97 Å². The molecule has 0 aliphatic heterocycles. The van der Waals surface area contributed by atoms with Gasteiger partial charge in [0, 0.05) is 12.4 Å². The molecular formula is C9H13N3O2. The number of esters is 1. The number of hydrogen-bond donors (Lipinski definition) is 1. The summed E-state index contributed by atoms with van der Waals surface area (Å²) in [6.07, 6.45) is 4.65. The molecule has 0 spiro atoms. The number of ether oxygens (including phenoxy) is 1. The second kappa shape index (κ2) is 5.16. The first-order chi connectivity index (χ1) is 6.75. The number of nitrogens with zero attached hydrogens (tertiary/aromatic N) is 2. The predicted octanol–water partition coefficient (Wildman–Crippen LogP) is 1.02. The lowest BCUT2D eigenvalue weighted by atomic mass is 10.3. The van der Waals surface area contributed by atoms with Gasteiger partial charge in [-0.25, -0.2) is 14.8 Å². The summed E-state index contributed by atoms with van der Waals surface area (Å²) >= 11 is 0. The number of carbonyl (C=O) groups is 1. The summed E-state index contributed by atoms with van der Waals surface area (Å²) in [7, 11) is 0. The SMILES string of the molecule is CCCCOC(=O)c1nccnc1N. The van der Waals surface area contributed by atoms with Crippen molar-refractivity contribution in [3.63, 3.8) is 0 Å². The zero-order valence-corrected chi connectivity index (χ0v) is 8.06. The second-order valence-corrected chi connectivity index (χ2v) is 2.78. The fourth-order valence-corrected chi connectivity index (χ4v) is 0.884. The Bertz CT molecular complexity index is 315. The van der Waals surface area contributed by atoms with Crippen LogP contribution in [0.3, 0.4) is 0 Å². The van der Waals surface area contributed by atoms with Crippen LogP contribution >= 0.6 is 0 Å². The zero-order chi connectivity index (χ0) is 10.4. The van der Waals surface area contributed by atoms with Crippen LogP contribution in [0.1, 0.15) is 30.3 Å². The van der Waals surface area contributed by atoms with E-state index in [1.54, 1.807) is 0 Å². The Morgan fingerprint density at radius 2 is 2.21 bits per heavy atom. The second-order valence-electron chi connectivity index (χ2n) is 2.78. The molecule has 0 saturated heterocycles. The fraction of sp³-hybridized carbons (Fsp3) is 0.444. The first-order valence-corrected chi connectivity index (χ1v) is 4.49. The summed E-state index contributed by atoms with van der Waals surface area (Å²) in [6.45, 7) is 2.41. The van der Waals surface area contributed by atoms with Crippen molar-refractivity contribution in [3.05, 3.63) is 18.1 Å². The number of rotatable bonds is 4. The van der Waals surface area contributed by atoms with Crippen molar-refractivity contribution in [2.24, 2.45) is 0 Å². The van der Waals surface area contributed by atoms with E-state index in [2.05, 4.69) is 9.97 Å². The smallest absolute Gasteiger partial charge is 0.360 e. The molecular weight excluding hydrogens is 182 g/mol. The number of carbonyl (C=O) groups excluding carboxylic acids is 1. The van der Waals surface area contributed by atoms with Crippen molar-refractivity contribution in [1.82, 2.24) is 9.97 Å². The van der Waals surface area contributed by atoms with Crippen molar-refractivity contribution in [2.75, 3.05) is 12.3 Å². The van der Waals surface area contributed by atoms with E-state index in [0.29, 0.717) is 6.61 Å². The Morgan fingerprint density at radius 3 is 2.86 bits per heavy atom. The summed E-state index contributed by atoms with van der Waals surface area (Å²) in [5, 5.41) is 0. The van der Waals surface area contributed by atoms with Gasteiger partial charge in [-0.1, -0.05) is 13.3 Å². The molecule has 0 bridgehead atoms. The molecule has 0 aliphatic rings. The molecule has 0 unspecified atom stereocenters. The Morgan fingerprint density at radius 1 is 1.50 bits per heavy atom. The van der Waals surface area contributed by atoms with Crippen LogP contribution in [0.25, 0.3) is 0 Å². The molecule has 0 aromatic carbocycles. The summed E-state index contributed by atoms with van der Waals surface area (Å²) in [6, 6.07) is 0. The van der Waals surface area contributed by atoms with Gasteiger partial charge < -0.3 is 10.5 Å². The molecule has 1 heterocycles. The molecule has 5 heteroatoms. The van der Waals surface area contributed by atoms with Gasteiger partial charge in [-0.3, -0.25) is 0 Å². The lowest BCUT2D eigenvalue weighted by Crippen LogP contribution is -2.12.